The van der Waals surface area contributed by atoms with Gasteiger partial charge in [-0.05, 0) is 50.1 Å². The van der Waals surface area contributed by atoms with Gasteiger partial charge in [0.2, 0.25) is 15.9 Å². The maximum atomic E-state index is 13.1. The summed E-state index contributed by atoms with van der Waals surface area (Å²) in [6.07, 6.45) is 1.33. The van der Waals surface area contributed by atoms with E-state index in [9.17, 15) is 8.42 Å². The minimum atomic E-state index is -3.76. The zero-order chi connectivity index (χ0) is 19.2. The molecule has 1 saturated heterocycles. The van der Waals surface area contributed by atoms with E-state index in [2.05, 4.69) is 10.2 Å². The zero-order valence-electron chi connectivity index (χ0n) is 14.2. The number of aromatic nitrogens is 2. The van der Waals surface area contributed by atoms with Crippen molar-refractivity contribution in [3.05, 3.63) is 51.1 Å². The quantitative estimate of drug-likeness (QED) is 0.570. The van der Waals surface area contributed by atoms with E-state index in [4.69, 9.17) is 27.6 Å². The smallest absolute Gasteiger partial charge is 0.257 e. The minimum Gasteiger partial charge on any atom is -0.418 e. The molecule has 1 aliphatic heterocycles. The standard InChI is InChI=1S/C17H15Cl2N3O3S2/c1-10-4-7-15(26-10)17-21-20-16(25-17)14-3-2-8-22(14)27(23,24)11-5-6-12(18)13(19)9-11/h4-7,9,14H,2-3,8H2,1H3/t14-/m1/s1. The van der Waals surface area contributed by atoms with E-state index in [-0.39, 0.29) is 9.92 Å². The van der Waals surface area contributed by atoms with Crippen LogP contribution in [0.5, 0.6) is 0 Å². The first-order valence-electron chi connectivity index (χ1n) is 8.23. The molecule has 3 heterocycles. The van der Waals surface area contributed by atoms with Crippen molar-refractivity contribution >= 4 is 44.6 Å². The molecule has 6 nitrogen and oxygen atoms in total. The molecule has 4 rings (SSSR count). The fourth-order valence-electron chi connectivity index (χ4n) is 3.07. The second kappa shape index (κ2) is 7.18. The van der Waals surface area contributed by atoms with Crippen molar-refractivity contribution in [1.29, 1.82) is 0 Å². The van der Waals surface area contributed by atoms with Gasteiger partial charge in [0.25, 0.3) is 5.89 Å². The Labute approximate surface area is 170 Å². The largest absolute Gasteiger partial charge is 0.418 e. The van der Waals surface area contributed by atoms with Crippen LogP contribution in [0, 0.1) is 6.92 Å². The minimum absolute atomic E-state index is 0.0948. The van der Waals surface area contributed by atoms with Crippen LogP contribution in [0.25, 0.3) is 10.8 Å². The van der Waals surface area contributed by atoms with Gasteiger partial charge in [0.05, 0.1) is 19.8 Å². The lowest BCUT2D eigenvalue weighted by atomic mass is 10.2. The molecule has 0 spiro atoms. The Balaban J connectivity index is 1.66. The lowest BCUT2D eigenvalue weighted by Crippen LogP contribution is -2.30. The molecule has 1 fully saturated rings. The highest BCUT2D eigenvalue weighted by atomic mass is 35.5. The molecule has 142 valence electrons. The average Bonchev–Trinajstić information content (AvgIpc) is 3.35. The fraction of sp³-hybridized carbons (Fsp3) is 0.294. The first kappa shape index (κ1) is 18.9. The number of aryl methyl sites for hydroxylation is 1. The average molecular weight is 444 g/mol. The highest BCUT2D eigenvalue weighted by molar-refractivity contribution is 7.89. The van der Waals surface area contributed by atoms with Crippen molar-refractivity contribution in [2.24, 2.45) is 0 Å². The van der Waals surface area contributed by atoms with Crippen molar-refractivity contribution in [1.82, 2.24) is 14.5 Å². The third-order valence-corrected chi connectivity index (χ3v) is 8.01. The van der Waals surface area contributed by atoms with E-state index in [1.54, 1.807) is 11.3 Å². The molecule has 27 heavy (non-hydrogen) atoms. The van der Waals surface area contributed by atoms with Gasteiger partial charge in [0.15, 0.2) is 0 Å². The van der Waals surface area contributed by atoms with Crippen molar-refractivity contribution < 1.29 is 12.8 Å². The second-order valence-electron chi connectivity index (χ2n) is 6.21. The van der Waals surface area contributed by atoms with Gasteiger partial charge in [-0.2, -0.15) is 4.31 Å². The molecular weight excluding hydrogens is 429 g/mol. The van der Waals surface area contributed by atoms with Crippen LogP contribution in [0.1, 0.15) is 29.7 Å². The molecule has 0 bridgehead atoms. The fourth-order valence-corrected chi connectivity index (χ4v) is 5.89. The Bertz CT molecular complexity index is 1090. The van der Waals surface area contributed by atoms with Gasteiger partial charge in [0, 0.05) is 11.4 Å². The molecular formula is C17H15Cl2N3O3S2. The Morgan fingerprint density at radius 2 is 2.00 bits per heavy atom. The number of benzene rings is 1. The summed E-state index contributed by atoms with van der Waals surface area (Å²) in [6, 6.07) is 7.68. The van der Waals surface area contributed by atoms with Crippen LogP contribution in [-0.2, 0) is 10.0 Å². The van der Waals surface area contributed by atoms with Gasteiger partial charge in [-0.3, -0.25) is 0 Å². The third kappa shape index (κ3) is 3.52. The summed E-state index contributed by atoms with van der Waals surface area (Å²) in [5.74, 6) is 0.707. The normalized spacial score (nSPS) is 18.3. The molecule has 0 radical (unpaired) electrons. The summed E-state index contributed by atoms with van der Waals surface area (Å²) in [4.78, 5) is 2.09. The molecule has 10 heteroatoms. The summed E-state index contributed by atoms with van der Waals surface area (Å²) in [6.45, 7) is 2.37. The van der Waals surface area contributed by atoms with Gasteiger partial charge in [-0.1, -0.05) is 23.2 Å². The van der Waals surface area contributed by atoms with Gasteiger partial charge in [-0.25, -0.2) is 8.42 Å². The summed E-state index contributed by atoms with van der Waals surface area (Å²) in [5.41, 5.74) is 0. The highest BCUT2D eigenvalue weighted by Crippen LogP contribution is 2.38. The van der Waals surface area contributed by atoms with Gasteiger partial charge < -0.3 is 4.42 Å². The van der Waals surface area contributed by atoms with Crippen LogP contribution in [-0.4, -0.2) is 29.5 Å². The van der Waals surface area contributed by atoms with E-state index in [1.165, 1.54) is 22.5 Å². The first-order chi connectivity index (χ1) is 12.9. The van der Waals surface area contributed by atoms with Gasteiger partial charge in [0.1, 0.15) is 6.04 Å². The zero-order valence-corrected chi connectivity index (χ0v) is 17.4. The summed E-state index contributed by atoms with van der Waals surface area (Å²) < 4.78 is 33.4. The molecule has 0 saturated carbocycles. The summed E-state index contributed by atoms with van der Waals surface area (Å²) in [7, 11) is -3.76. The van der Waals surface area contributed by atoms with E-state index in [0.29, 0.717) is 36.2 Å². The van der Waals surface area contributed by atoms with Gasteiger partial charge >= 0.3 is 0 Å². The number of rotatable bonds is 4. The molecule has 2 aromatic heterocycles. The molecule has 0 unspecified atom stereocenters. The van der Waals surface area contributed by atoms with E-state index >= 15 is 0 Å². The molecule has 1 aliphatic rings. The van der Waals surface area contributed by atoms with E-state index in [1.807, 2.05) is 19.1 Å². The van der Waals surface area contributed by atoms with Crippen molar-refractivity contribution in [2.45, 2.75) is 30.7 Å². The predicted molar refractivity (Wildman–Crippen MR) is 105 cm³/mol. The van der Waals surface area contributed by atoms with Crippen molar-refractivity contribution in [3.63, 3.8) is 0 Å². The monoisotopic (exact) mass is 443 g/mol. The van der Waals surface area contributed by atoms with Crippen LogP contribution in [0.3, 0.4) is 0 Å². The van der Waals surface area contributed by atoms with Crippen molar-refractivity contribution in [3.8, 4) is 10.8 Å². The molecule has 0 aliphatic carbocycles. The number of sulfonamides is 1. The van der Waals surface area contributed by atoms with Gasteiger partial charge in [-0.15, -0.1) is 21.5 Å². The lowest BCUT2D eigenvalue weighted by Gasteiger charge is -2.21. The summed E-state index contributed by atoms with van der Waals surface area (Å²) >= 11 is 13.5. The van der Waals surface area contributed by atoms with E-state index < -0.39 is 16.1 Å². The van der Waals surface area contributed by atoms with Crippen LogP contribution in [0.2, 0.25) is 10.0 Å². The number of hydrogen-bond acceptors (Lipinski definition) is 6. The molecule has 1 atom stereocenters. The summed E-state index contributed by atoms with van der Waals surface area (Å²) in [5, 5.41) is 8.71. The number of thiophene rings is 1. The SMILES string of the molecule is Cc1ccc(-c2nnc([C@H]3CCCN3S(=O)(=O)c3ccc(Cl)c(Cl)c3)o2)s1. The third-order valence-electron chi connectivity index (χ3n) is 4.38. The molecule has 3 aromatic rings. The number of halogens is 2. The maximum absolute atomic E-state index is 13.1. The number of nitrogens with zero attached hydrogens (tertiary/aromatic N) is 3. The van der Waals surface area contributed by atoms with Crippen LogP contribution in [0.15, 0.2) is 39.6 Å². The maximum Gasteiger partial charge on any atom is 0.257 e. The number of hydrogen-bond donors (Lipinski definition) is 0. The Morgan fingerprint density at radius 1 is 1.19 bits per heavy atom. The van der Waals surface area contributed by atoms with Crippen LogP contribution in [0.4, 0.5) is 0 Å². The van der Waals surface area contributed by atoms with Crippen LogP contribution < -0.4 is 0 Å². The Hall–Kier alpha value is -1.45. The second-order valence-corrected chi connectivity index (χ2v) is 10.2. The van der Waals surface area contributed by atoms with Crippen molar-refractivity contribution in [2.75, 3.05) is 6.54 Å². The Kier molecular flexibility index (Phi) is 5.02. The van der Waals surface area contributed by atoms with E-state index in [0.717, 1.165) is 9.75 Å². The molecule has 0 amide bonds. The van der Waals surface area contributed by atoms with Crippen LogP contribution >= 0.6 is 34.5 Å². The molecule has 0 N–H and O–H groups in total. The Morgan fingerprint density at radius 3 is 2.70 bits per heavy atom. The molecule has 1 aromatic carbocycles. The lowest BCUT2D eigenvalue weighted by molar-refractivity contribution is 0.332. The topological polar surface area (TPSA) is 76.3 Å². The highest BCUT2D eigenvalue weighted by Gasteiger charge is 2.39. The predicted octanol–water partition coefficient (Wildman–Crippen LogP) is 4.94. The first-order valence-corrected chi connectivity index (χ1v) is 11.2.